The highest BCUT2D eigenvalue weighted by Gasteiger charge is 2.11. The summed E-state index contributed by atoms with van der Waals surface area (Å²) in [6.45, 7) is -1.83. The van der Waals surface area contributed by atoms with Crippen molar-refractivity contribution in [2.75, 3.05) is 14.2 Å². The van der Waals surface area contributed by atoms with Gasteiger partial charge in [0.25, 0.3) is 0 Å². The van der Waals surface area contributed by atoms with Crippen molar-refractivity contribution in [3.8, 4) is 11.5 Å². The molecule has 1 heterocycles. The zero-order valence-corrected chi connectivity index (χ0v) is 16.9. The lowest BCUT2D eigenvalue weighted by Crippen LogP contribution is -2.36. The molecule has 0 bridgehead atoms. The van der Waals surface area contributed by atoms with Crippen LogP contribution in [0.15, 0.2) is 40.0 Å². The Labute approximate surface area is 166 Å². The lowest BCUT2D eigenvalue weighted by atomic mass is 10.2. The first-order valence-electron chi connectivity index (χ1n) is 7.19. The molecule has 0 fully saturated rings. The Balaban J connectivity index is 0.00000312. The molecule has 0 spiro atoms. The summed E-state index contributed by atoms with van der Waals surface area (Å²) in [5, 5.41) is 10.4. The Hall–Kier alpha value is -1.62. The second-order valence-electron chi connectivity index (χ2n) is 4.77. The summed E-state index contributed by atoms with van der Waals surface area (Å²) >= 11 is 1.63. The van der Waals surface area contributed by atoms with E-state index >= 15 is 0 Å². The maximum atomic E-state index is 12.5. The number of alkyl halides is 2. The van der Waals surface area contributed by atoms with Gasteiger partial charge in [0, 0.05) is 20.1 Å². The van der Waals surface area contributed by atoms with Crippen LogP contribution in [-0.2, 0) is 13.1 Å². The van der Waals surface area contributed by atoms with Crippen molar-refractivity contribution in [1.82, 2.24) is 10.6 Å². The van der Waals surface area contributed by atoms with E-state index < -0.39 is 6.61 Å². The molecular weight excluding hydrogens is 463 g/mol. The molecule has 0 saturated carbocycles. The Kier molecular flexibility index (Phi) is 9.50. The topological polar surface area (TPSA) is 54.9 Å². The molecular formula is C16H20F2IN3O2S. The summed E-state index contributed by atoms with van der Waals surface area (Å²) in [5.74, 6) is 0.889. The summed E-state index contributed by atoms with van der Waals surface area (Å²) < 4.78 is 34.4. The number of halogens is 3. The zero-order chi connectivity index (χ0) is 17.4. The highest BCUT2D eigenvalue weighted by atomic mass is 127. The molecule has 0 saturated heterocycles. The second kappa shape index (κ2) is 11.1. The maximum Gasteiger partial charge on any atom is 0.387 e. The molecule has 0 atom stereocenters. The number of nitrogens with zero attached hydrogens (tertiary/aromatic N) is 1. The molecule has 0 aliphatic rings. The van der Waals surface area contributed by atoms with Crippen LogP contribution >= 0.6 is 35.3 Å². The van der Waals surface area contributed by atoms with E-state index in [-0.39, 0.29) is 35.5 Å². The van der Waals surface area contributed by atoms with E-state index in [1.54, 1.807) is 30.5 Å². The first-order chi connectivity index (χ1) is 11.6. The van der Waals surface area contributed by atoms with E-state index in [1.807, 2.05) is 11.4 Å². The van der Waals surface area contributed by atoms with E-state index in [0.717, 1.165) is 5.56 Å². The lowest BCUT2D eigenvalue weighted by molar-refractivity contribution is -0.0512. The highest BCUT2D eigenvalue weighted by molar-refractivity contribution is 14.0. The van der Waals surface area contributed by atoms with E-state index in [0.29, 0.717) is 19.0 Å². The largest absolute Gasteiger partial charge is 0.493 e. The number of hydrogen-bond acceptors (Lipinski definition) is 4. The molecule has 0 radical (unpaired) electrons. The van der Waals surface area contributed by atoms with Crippen LogP contribution in [0.25, 0.3) is 0 Å². The molecule has 0 unspecified atom stereocenters. The van der Waals surface area contributed by atoms with E-state index in [4.69, 9.17) is 4.74 Å². The minimum absolute atomic E-state index is 0. The summed E-state index contributed by atoms with van der Waals surface area (Å²) in [6, 6.07) is 6.92. The molecule has 0 aliphatic carbocycles. The molecule has 2 rings (SSSR count). The van der Waals surface area contributed by atoms with Gasteiger partial charge in [-0.1, -0.05) is 6.07 Å². The molecule has 1 aromatic carbocycles. The summed E-state index contributed by atoms with van der Waals surface area (Å²) in [7, 11) is 3.07. The van der Waals surface area contributed by atoms with E-state index in [1.165, 1.54) is 18.7 Å². The number of nitrogens with one attached hydrogen (secondary N) is 2. The average molecular weight is 483 g/mol. The fraction of sp³-hybridized carbons (Fsp3) is 0.312. The van der Waals surface area contributed by atoms with Crippen LogP contribution in [0.1, 0.15) is 11.1 Å². The molecule has 138 valence electrons. The van der Waals surface area contributed by atoms with Crippen molar-refractivity contribution >= 4 is 41.3 Å². The number of ether oxygens (including phenoxy) is 2. The average Bonchev–Trinajstić information content (AvgIpc) is 3.08. The summed E-state index contributed by atoms with van der Waals surface area (Å²) in [4.78, 5) is 4.13. The highest BCUT2D eigenvalue weighted by Crippen LogP contribution is 2.29. The summed E-state index contributed by atoms with van der Waals surface area (Å²) in [5.41, 5.74) is 1.94. The van der Waals surface area contributed by atoms with Gasteiger partial charge in [-0.3, -0.25) is 4.99 Å². The third-order valence-corrected chi connectivity index (χ3v) is 3.90. The second-order valence-corrected chi connectivity index (χ2v) is 5.55. The van der Waals surface area contributed by atoms with Crippen molar-refractivity contribution in [3.63, 3.8) is 0 Å². The number of benzene rings is 1. The third kappa shape index (κ3) is 7.02. The Bertz CT molecular complexity index is 669. The van der Waals surface area contributed by atoms with Crippen LogP contribution in [0.2, 0.25) is 0 Å². The minimum Gasteiger partial charge on any atom is -0.493 e. The molecule has 9 heteroatoms. The Morgan fingerprint density at radius 1 is 1.16 bits per heavy atom. The monoisotopic (exact) mass is 483 g/mol. The van der Waals surface area contributed by atoms with Gasteiger partial charge in [-0.2, -0.15) is 20.1 Å². The van der Waals surface area contributed by atoms with Gasteiger partial charge in [0.1, 0.15) is 0 Å². The molecule has 5 nitrogen and oxygen atoms in total. The van der Waals surface area contributed by atoms with Gasteiger partial charge >= 0.3 is 6.61 Å². The van der Waals surface area contributed by atoms with Gasteiger partial charge in [0.15, 0.2) is 17.5 Å². The predicted octanol–water partition coefficient (Wildman–Crippen LogP) is 3.84. The number of methoxy groups -OCH3 is 1. The van der Waals surface area contributed by atoms with Gasteiger partial charge < -0.3 is 20.1 Å². The maximum absolute atomic E-state index is 12.5. The van der Waals surface area contributed by atoms with Crippen LogP contribution in [0.4, 0.5) is 8.78 Å². The quantitative estimate of drug-likeness (QED) is 0.357. The number of hydrogen-bond donors (Lipinski definition) is 2. The SMILES string of the molecule is CN=C(NCc1ccsc1)NCc1ccc(OC)c(OC(F)F)c1.I. The number of aliphatic imine (C=N–C) groups is 1. The Morgan fingerprint density at radius 2 is 1.88 bits per heavy atom. The number of rotatable bonds is 7. The van der Waals surface area contributed by atoms with Gasteiger partial charge in [-0.25, -0.2) is 0 Å². The van der Waals surface area contributed by atoms with Crippen molar-refractivity contribution in [1.29, 1.82) is 0 Å². The van der Waals surface area contributed by atoms with Crippen molar-refractivity contribution in [2.24, 2.45) is 4.99 Å². The molecule has 1 aromatic heterocycles. The summed E-state index contributed by atoms with van der Waals surface area (Å²) in [6.07, 6.45) is 0. The fourth-order valence-electron chi connectivity index (χ4n) is 2.00. The van der Waals surface area contributed by atoms with Crippen LogP contribution in [-0.4, -0.2) is 26.7 Å². The fourth-order valence-corrected chi connectivity index (χ4v) is 2.67. The standard InChI is InChI=1S/C16H19F2N3O2S.HI/c1-19-16(21-9-12-5-6-24-10-12)20-8-11-3-4-13(22-2)14(7-11)23-15(17)18;/h3-7,10,15H,8-9H2,1-2H3,(H2,19,20,21);1H. The van der Waals surface area contributed by atoms with E-state index in [9.17, 15) is 8.78 Å². The molecule has 2 aromatic rings. The molecule has 0 amide bonds. The lowest BCUT2D eigenvalue weighted by Gasteiger charge is -2.14. The van der Waals surface area contributed by atoms with Crippen LogP contribution in [0.3, 0.4) is 0 Å². The van der Waals surface area contributed by atoms with Gasteiger partial charge in [0.2, 0.25) is 0 Å². The van der Waals surface area contributed by atoms with Gasteiger partial charge in [-0.05, 0) is 40.1 Å². The first kappa shape index (κ1) is 21.4. The van der Waals surface area contributed by atoms with Crippen LogP contribution < -0.4 is 20.1 Å². The van der Waals surface area contributed by atoms with Gasteiger partial charge in [-0.15, -0.1) is 24.0 Å². The smallest absolute Gasteiger partial charge is 0.387 e. The Morgan fingerprint density at radius 3 is 2.44 bits per heavy atom. The first-order valence-corrected chi connectivity index (χ1v) is 8.14. The predicted molar refractivity (Wildman–Crippen MR) is 106 cm³/mol. The normalized spacial score (nSPS) is 11.0. The molecule has 25 heavy (non-hydrogen) atoms. The zero-order valence-electron chi connectivity index (χ0n) is 13.8. The third-order valence-electron chi connectivity index (χ3n) is 3.17. The van der Waals surface area contributed by atoms with Gasteiger partial charge in [0.05, 0.1) is 7.11 Å². The number of thiophene rings is 1. The van der Waals surface area contributed by atoms with Crippen molar-refractivity contribution in [3.05, 3.63) is 46.2 Å². The number of guanidine groups is 1. The van der Waals surface area contributed by atoms with E-state index in [2.05, 4.69) is 25.7 Å². The van der Waals surface area contributed by atoms with Crippen LogP contribution in [0.5, 0.6) is 11.5 Å². The molecule has 2 N–H and O–H groups in total. The minimum atomic E-state index is -2.90. The van der Waals surface area contributed by atoms with Crippen molar-refractivity contribution < 1.29 is 18.3 Å². The molecule has 0 aliphatic heterocycles. The van der Waals surface area contributed by atoms with Crippen molar-refractivity contribution in [2.45, 2.75) is 19.7 Å². The van der Waals surface area contributed by atoms with Crippen LogP contribution in [0, 0.1) is 0 Å².